The Morgan fingerprint density at radius 3 is 2.59 bits per heavy atom. The zero-order valence-electron chi connectivity index (χ0n) is 12.2. The van der Waals surface area contributed by atoms with Crippen LogP contribution in [0.1, 0.15) is 36.0 Å². The normalized spacial score (nSPS) is 19.1. The number of amides is 1. The molecular formula is C18H17ClN2O. The number of hydrogen-bond donors (Lipinski definition) is 1. The van der Waals surface area contributed by atoms with Crippen molar-refractivity contribution in [1.29, 1.82) is 0 Å². The zero-order chi connectivity index (χ0) is 15.2. The van der Waals surface area contributed by atoms with Crippen molar-refractivity contribution in [3.05, 3.63) is 59.1 Å². The molecule has 4 heteroatoms. The Hall–Kier alpha value is -2.00. The van der Waals surface area contributed by atoms with Crippen LogP contribution in [0, 0.1) is 0 Å². The largest absolute Gasteiger partial charge is 0.362 e. The fourth-order valence-corrected chi connectivity index (χ4v) is 3.87. The number of carbonyl (C=O) groups excluding carboxylic acids is 1. The standard InChI is InChI=1S/C18H17ClN2O/c19-13-6-5-7-14(12-13)21-17(22)15-8-1-2-9-16(15)20-18(21)10-3-4-11-18/h1-2,5-9,12,20H,3-4,10-11H2. The van der Waals surface area contributed by atoms with Gasteiger partial charge in [-0.15, -0.1) is 0 Å². The molecule has 1 fully saturated rings. The summed E-state index contributed by atoms with van der Waals surface area (Å²) < 4.78 is 0. The van der Waals surface area contributed by atoms with Crippen molar-refractivity contribution in [3.63, 3.8) is 0 Å². The Morgan fingerprint density at radius 1 is 1.05 bits per heavy atom. The summed E-state index contributed by atoms with van der Waals surface area (Å²) in [5.74, 6) is 0.0542. The summed E-state index contributed by atoms with van der Waals surface area (Å²) in [5, 5.41) is 4.28. The molecular weight excluding hydrogens is 296 g/mol. The van der Waals surface area contributed by atoms with Crippen molar-refractivity contribution in [3.8, 4) is 0 Å². The first kappa shape index (κ1) is 13.6. The topological polar surface area (TPSA) is 32.3 Å². The highest BCUT2D eigenvalue weighted by Crippen LogP contribution is 2.44. The molecule has 0 aromatic heterocycles. The summed E-state index contributed by atoms with van der Waals surface area (Å²) in [4.78, 5) is 15.0. The van der Waals surface area contributed by atoms with Crippen molar-refractivity contribution in [1.82, 2.24) is 0 Å². The van der Waals surface area contributed by atoms with Crippen molar-refractivity contribution in [2.24, 2.45) is 0 Å². The number of hydrogen-bond acceptors (Lipinski definition) is 2. The Morgan fingerprint density at radius 2 is 1.82 bits per heavy atom. The fourth-order valence-electron chi connectivity index (χ4n) is 3.69. The average Bonchev–Trinajstić information content (AvgIpc) is 2.96. The number of carbonyl (C=O) groups is 1. The number of rotatable bonds is 1. The van der Waals surface area contributed by atoms with Crippen LogP contribution in [0.5, 0.6) is 0 Å². The van der Waals surface area contributed by atoms with Crippen molar-refractivity contribution in [2.45, 2.75) is 31.3 Å². The molecule has 1 heterocycles. The van der Waals surface area contributed by atoms with Crippen LogP contribution in [-0.4, -0.2) is 11.6 Å². The van der Waals surface area contributed by atoms with Gasteiger partial charge in [0, 0.05) is 16.4 Å². The fraction of sp³-hybridized carbons (Fsp3) is 0.278. The third-order valence-electron chi connectivity index (χ3n) is 4.65. The Kier molecular flexibility index (Phi) is 3.12. The number of benzene rings is 2. The van der Waals surface area contributed by atoms with Gasteiger partial charge in [-0.05, 0) is 56.0 Å². The molecule has 0 atom stereocenters. The summed E-state index contributed by atoms with van der Waals surface area (Å²) >= 11 is 6.15. The van der Waals surface area contributed by atoms with E-state index in [1.807, 2.05) is 53.4 Å². The molecule has 1 spiro atoms. The monoisotopic (exact) mass is 312 g/mol. The average molecular weight is 313 g/mol. The molecule has 0 bridgehead atoms. The van der Waals surface area contributed by atoms with Crippen LogP contribution in [-0.2, 0) is 0 Å². The van der Waals surface area contributed by atoms with E-state index in [1.54, 1.807) is 0 Å². The van der Waals surface area contributed by atoms with Gasteiger partial charge >= 0.3 is 0 Å². The number of anilines is 2. The van der Waals surface area contributed by atoms with Crippen LogP contribution in [0.15, 0.2) is 48.5 Å². The van der Waals surface area contributed by atoms with Crippen molar-refractivity contribution in [2.75, 3.05) is 10.2 Å². The van der Waals surface area contributed by atoms with Gasteiger partial charge in [-0.2, -0.15) is 0 Å². The molecule has 3 nitrogen and oxygen atoms in total. The first-order valence-electron chi connectivity index (χ1n) is 7.67. The van der Waals surface area contributed by atoms with E-state index in [-0.39, 0.29) is 11.6 Å². The van der Waals surface area contributed by atoms with Gasteiger partial charge in [0.1, 0.15) is 5.66 Å². The van der Waals surface area contributed by atoms with Gasteiger partial charge in [0.15, 0.2) is 0 Å². The zero-order valence-corrected chi connectivity index (χ0v) is 12.9. The van der Waals surface area contributed by atoms with Crippen LogP contribution < -0.4 is 10.2 Å². The first-order chi connectivity index (χ1) is 10.7. The maximum atomic E-state index is 13.1. The van der Waals surface area contributed by atoms with Crippen molar-refractivity contribution < 1.29 is 4.79 Å². The third kappa shape index (κ3) is 2.00. The molecule has 1 N–H and O–H groups in total. The Labute approximate surface area is 134 Å². The summed E-state index contributed by atoms with van der Waals surface area (Å²) in [6.45, 7) is 0. The number of nitrogens with zero attached hydrogens (tertiary/aromatic N) is 1. The quantitative estimate of drug-likeness (QED) is 0.829. The van der Waals surface area contributed by atoms with Crippen LogP contribution in [0.4, 0.5) is 11.4 Å². The van der Waals surface area contributed by atoms with E-state index >= 15 is 0 Å². The van der Waals surface area contributed by atoms with E-state index in [1.165, 1.54) is 0 Å². The number of halogens is 1. The van der Waals surface area contributed by atoms with E-state index < -0.39 is 0 Å². The maximum Gasteiger partial charge on any atom is 0.262 e. The van der Waals surface area contributed by atoms with Gasteiger partial charge < -0.3 is 5.32 Å². The molecule has 2 aromatic carbocycles. The molecule has 22 heavy (non-hydrogen) atoms. The summed E-state index contributed by atoms with van der Waals surface area (Å²) in [7, 11) is 0. The van der Waals surface area contributed by atoms with E-state index in [2.05, 4.69) is 5.32 Å². The van der Waals surface area contributed by atoms with E-state index in [0.29, 0.717) is 5.02 Å². The predicted molar refractivity (Wildman–Crippen MR) is 89.5 cm³/mol. The van der Waals surface area contributed by atoms with Gasteiger partial charge in [-0.1, -0.05) is 29.8 Å². The maximum absolute atomic E-state index is 13.1. The van der Waals surface area contributed by atoms with Gasteiger partial charge in [0.25, 0.3) is 5.91 Å². The predicted octanol–water partition coefficient (Wildman–Crippen LogP) is 4.68. The molecule has 4 rings (SSSR count). The van der Waals surface area contributed by atoms with Crippen LogP contribution in [0.2, 0.25) is 5.02 Å². The summed E-state index contributed by atoms with van der Waals surface area (Å²) in [6, 6.07) is 15.3. The van der Waals surface area contributed by atoms with Crippen LogP contribution in [0.3, 0.4) is 0 Å². The summed E-state index contributed by atoms with van der Waals surface area (Å²) in [6.07, 6.45) is 4.16. The van der Waals surface area contributed by atoms with E-state index in [4.69, 9.17) is 11.6 Å². The molecule has 2 aliphatic rings. The van der Waals surface area contributed by atoms with Gasteiger partial charge in [-0.3, -0.25) is 9.69 Å². The molecule has 112 valence electrons. The minimum atomic E-state index is -0.323. The van der Waals surface area contributed by atoms with Gasteiger partial charge in [0.2, 0.25) is 0 Å². The number of para-hydroxylation sites is 1. The second-order valence-electron chi connectivity index (χ2n) is 6.03. The van der Waals surface area contributed by atoms with E-state index in [9.17, 15) is 4.79 Å². The first-order valence-corrected chi connectivity index (χ1v) is 8.05. The highest BCUT2D eigenvalue weighted by Gasteiger charge is 2.47. The van der Waals surface area contributed by atoms with Gasteiger partial charge in [-0.25, -0.2) is 0 Å². The highest BCUT2D eigenvalue weighted by atomic mass is 35.5. The minimum absolute atomic E-state index is 0.0542. The second kappa shape index (κ2) is 5.03. The molecule has 2 aromatic rings. The lowest BCUT2D eigenvalue weighted by Gasteiger charge is -2.46. The van der Waals surface area contributed by atoms with Crippen molar-refractivity contribution >= 4 is 28.9 Å². The Bertz CT molecular complexity index is 737. The lowest BCUT2D eigenvalue weighted by atomic mass is 9.96. The van der Waals surface area contributed by atoms with Gasteiger partial charge in [0.05, 0.1) is 5.56 Å². The van der Waals surface area contributed by atoms with E-state index in [0.717, 1.165) is 42.6 Å². The SMILES string of the molecule is O=C1c2ccccc2NC2(CCCC2)N1c1cccc(Cl)c1. The second-order valence-corrected chi connectivity index (χ2v) is 6.47. The lowest BCUT2D eigenvalue weighted by molar-refractivity contribution is 0.0954. The molecule has 1 aliphatic carbocycles. The van der Waals surface area contributed by atoms with Crippen LogP contribution in [0.25, 0.3) is 0 Å². The molecule has 1 saturated carbocycles. The molecule has 0 radical (unpaired) electrons. The summed E-state index contributed by atoms with van der Waals surface area (Å²) in [5.41, 5.74) is 2.20. The molecule has 1 amide bonds. The molecule has 0 saturated heterocycles. The molecule has 0 unspecified atom stereocenters. The lowest BCUT2D eigenvalue weighted by Crippen LogP contribution is -2.59. The number of nitrogens with one attached hydrogen (secondary N) is 1. The third-order valence-corrected chi connectivity index (χ3v) is 4.89. The Balaban J connectivity index is 1.88. The smallest absolute Gasteiger partial charge is 0.262 e. The number of fused-ring (bicyclic) bond motifs is 1. The van der Waals surface area contributed by atoms with Crippen LogP contribution >= 0.6 is 11.6 Å². The molecule has 1 aliphatic heterocycles. The minimum Gasteiger partial charge on any atom is -0.362 e. The highest BCUT2D eigenvalue weighted by molar-refractivity contribution is 6.31.